The van der Waals surface area contributed by atoms with Crippen LogP contribution in [0.5, 0.6) is 5.75 Å². The van der Waals surface area contributed by atoms with Crippen molar-refractivity contribution in [2.24, 2.45) is 0 Å². The van der Waals surface area contributed by atoms with Crippen LogP contribution in [0.1, 0.15) is 5.56 Å². The number of benzene rings is 1. The summed E-state index contributed by atoms with van der Waals surface area (Å²) >= 11 is 5.85. The fourth-order valence-electron chi connectivity index (χ4n) is 1.55. The normalized spacial score (nSPS) is 11.6. The van der Waals surface area contributed by atoms with Crippen LogP contribution in [-0.2, 0) is 6.18 Å². The number of nitrogens with two attached hydrogens (primary N) is 1. The average molecular weight is 293 g/mol. The Kier molecular flexibility index (Phi) is 3.32. The minimum absolute atomic E-state index is 0.0732. The van der Waals surface area contributed by atoms with Gasteiger partial charge in [-0.25, -0.2) is 0 Å². The van der Waals surface area contributed by atoms with Crippen LogP contribution < -0.4 is 10.5 Å². The van der Waals surface area contributed by atoms with Crippen molar-refractivity contribution in [3.8, 4) is 17.1 Å². The molecule has 0 bridgehead atoms. The first kappa shape index (κ1) is 13.5. The molecule has 0 aliphatic carbocycles. The van der Waals surface area contributed by atoms with Crippen LogP contribution in [-0.4, -0.2) is 12.3 Å². The molecule has 19 heavy (non-hydrogen) atoms. The predicted octanol–water partition coefficient (Wildman–Crippen LogP) is 3.60. The van der Waals surface area contributed by atoms with Gasteiger partial charge in [0.05, 0.1) is 23.3 Å². The minimum atomic E-state index is -4.52. The number of anilines is 1. The van der Waals surface area contributed by atoms with Gasteiger partial charge in [0.25, 0.3) is 0 Å². The fraction of sp³-hybridized carbons (Fsp3) is 0.182. The van der Waals surface area contributed by atoms with E-state index in [1.165, 1.54) is 13.2 Å². The molecule has 1 aromatic carbocycles. The van der Waals surface area contributed by atoms with Crippen LogP contribution in [0.3, 0.4) is 0 Å². The standard InChI is InChI=1S/C11H8ClF3N2O2/c1-18-7-3-5(11(13,14)15)2-6(12)10(7)8-4-9(16)17-19-8/h2-4H,1H3,(H2,16,17). The molecule has 102 valence electrons. The van der Waals surface area contributed by atoms with Gasteiger partial charge in [-0.15, -0.1) is 0 Å². The zero-order valence-electron chi connectivity index (χ0n) is 9.58. The maximum atomic E-state index is 12.7. The van der Waals surface area contributed by atoms with E-state index in [0.717, 1.165) is 12.1 Å². The Hall–Kier alpha value is -1.89. The molecule has 2 rings (SSSR count). The second-order valence-electron chi connectivity index (χ2n) is 3.65. The number of ether oxygens (including phenoxy) is 1. The van der Waals surface area contributed by atoms with Crippen LogP contribution in [0.15, 0.2) is 22.7 Å². The van der Waals surface area contributed by atoms with Gasteiger partial charge in [-0.1, -0.05) is 16.8 Å². The molecule has 1 heterocycles. The Morgan fingerprint density at radius 2 is 2.00 bits per heavy atom. The van der Waals surface area contributed by atoms with Gasteiger partial charge in [0.1, 0.15) is 5.75 Å². The Balaban J connectivity index is 2.62. The van der Waals surface area contributed by atoms with Gasteiger partial charge >= 0.3 is 6.18 Å². The van der Waals surface area contributed by atoms with Crippen molar-refractivity contribution in [1.29, 1.82) is 0 Å². The summed E-state index contributed by atoms with van der Waals surface area (Å²) in [6, 6.07) is 2.97. The Bertz CT molecular complexity index is 610. The second-order valence-corrected chi connectivity index (χ2v) is 4.06. The Morgan fingerprint density at radius 1 is 1.32 bits per heavy atom. The van der Waals surface area contributed by atoms with E-state index in [-0.39, 0.29) is 27.9 Å². The summed E-state index contributed by atoms with van der Waals surface area (Å²) in [6.07, 6.45) is -4.52. The smallest absolute Gasteiger partial charge is 0.416 e. The number of hydrogen-bond donors (Lipinski definition) is 1. The fourth-order valence-corrected chi connectivity index (χ4v) is 1.86. The van der Waals surface area contributed by atoms with Gasteiger partial charge < -0.3 is 15.0 Å². The molecular formula is C11H8ClF3N2O2. The quantitative estimate of drug-likeness (QED) is 0.918. The highest BCUT2D eigenvalue weighted by atomic mass is 35.5. The Morgan fingerprint density at radius 3 is 2.47 bits per heavy atom. The molecule has 0 spiro atoms. The largest absolute Gasteiger partial charge is 0.496 e. The molecule has 0 saturated heterocycles. The van der Waals surface area contributed by atoms with E-state index in [2.05, 4.69) is 5.16 Å². The van der Waals surface area contributed by atoms with Gasteiger partial charge in [0.2, 0.25) is 0 Å². The third kappa shape index (κ3) is 2.60. The summed E-state index contributed by atoms with van der Waals surface area (Å²) in [7, 11) is 1.23. The molecule has 2 N–H and O–H groups in total. The number of nitrogens with zero attached hydrogens (tertiary/aromatic N) is 1. The summed E-state index contributed by atoms with van der Waals surface area (Å²) in [5.41, 5.74) is 4.64. The van der Waals surface area contributed by atoms with Crippen molar-refractivity contribution in [2.45, 2.75) is 6.18 Å². The molecule has 1 aromatic heterocycles. The first-order chi connectivity index (χ1) is 8.82. The highest BCUT2D eigenvalue weighted by Gasteiger charge is 2.33. The number of methoxy groups -OCH3 is 1. The minimum Gasteiger partial charge on any atom is -0.496 e. The monoisotopic (exact) mass is 292 g/mol. The maximum Gasteiger partial charge on any atom is 0.416 e. The van der Waals surface area contributed by atoms with E-state index in [0.29, 0.717) is 0 Å². The lowest BCUT2D eigenvalue weighted by molar-refractivity contribution is -0.137. The lowest BCUT2D eigenvalue weighted by Gasteiger charge is -2.12. The summed E-state index contributed by atoms with van der Waals surface area (Å²) in [5, 5.41) is 3.28. The predicted molar refractivity (Wildman–Crippen MR) is 62.9 cm³/mol. The SMILES string of the molecule is COc1cc(C(F)(F)F)cc(Cl)c1-c1cc(N)no1. The van der Waals surface area contributed by atoms with Crippen molar-refractivity contribution < 1.29 is 22.4 Å². The van der Waals surface area contributed by atoms with E-state index < -0.39 is 11.7 Å². The molecule has 4 nitrogen and oxygen atoms in total. The number of aromatic nitrogens is 1. The van der Waals surface area contributed by atoms with E-state index in [1.54, 1.807) is 0 Å². The van der Waals surface area contributed by atoms with Gasteiger partial charge in [0, 0.05) is 6.07 Å². The van der Waals surface area contributed by atoms with Gasteiger partial charge in [-0.05, 0) is 12.1 Å². The van der Waals surface area contributed by atoms with Crippen molar-refractivity contribution in [3.63, 3.8) is 0 Å². The highest BCUT2D eigenvalue weighted by molar-refractivity contribution is 6.33. The molecule has 0 fully saturated rings. The molecular weight excluding hydrogens is 285 g/mol. The summed E-state index contributed by atoms with van der Waals surface area (Å²) in [6.45, 7) is 0. The van der Waals surface area contributed by atoms with Gasteiger partial charge in [0.15, 0.2) is 11.6 Å². The van der Waals surface area contributed by atoms with Crippen LogP contribution >= 0.6 is 11.6 Å². The molecule has 0 unspecified atom stereocenters. The van der Waals surface area contributed by atoms with Crippen LogP contribution in [0.4, 0.5) is 19.0 Å². The van der Waals surface area contributed by atoms with Crippen molar-refractivity contribution in [3.05, 3.63) is 28.8 Å². The topological polar surface area (TPSA) is 61.3 Å². The highest BCUT2D eigenvalue weighted by Crippen LogP contribution is 2.42. The number of nitrogen functional groups attached to an aromatic ring is 1. The van der Waals surface area contributed by atoms with Crippen LogP contribution in [0, 0.1) is 0 Å². The number of halogens is 4. The third-order valence-corrected chi connectivity index (χ3v) is 2.67. The Labute approximate surface area is 110 Å². The van der Waals surface area contributed by atoms with Crippen molar-refractivity contribution in [2.75, 3.05) is 12.8 Å². The second kappa shape index (κ2) is 4.65. The van der Waals surface area contributed by atoms with E-state index in [4.69, 9.17) is 26.6 Å². The molecule has 2 aromatic rings. The number of rotatable bonds is 2. The number of hydrogen-bond acceptors (Lipinski definition) is 4. The third-order valence-electron chi connectivity index (χ3n) is 2.38. The molecule has 0 aliphatic heterocycles. The van der Waals surface area contributed by atoms with Crippen LogP contribution in [0.2, 0.25) is 5.02 Å². The van der Waals surface area contributed by atoms with Crippen molar-refractivity contribution >= 4 is 17.4 Å². The molecule has 0 saturated carbocycles. The summed E-state index contributed by atoms with van der Waals surface area (Å²) < 4.78 is 47.7. The first-order valence-electron chi connectivity index (χ1n) is 5.00. The molecule has 0 atom stereocenters. The summed E-state index contributed by atoms with van der Waals surface area (Å²) in [4.78, 5) is 0. The van der Waals surface area contributed by atoms with E-state index in [1.807, 2.05) is 0 Å². The maximum absolute atomic E-state index is 12.7. The average Bonchev–Trinajstić information content (AvgIpc) is 2.73. The van der Waals surface area contributed by atoms with Gasteiger partial charge in [-0.2, -0.15) is 13.2 Å². The van der Waals surface area contributed by atoms with E-state index in [9.17, 15) is 13.2 Å². The van der Waals surface area contributed by atoms with Crippen LogP contribution in [0.25, 0.3) is 11.3 Å². The molecule has 8 heteroatoms. The first-order valence-corrected chi connectivity index (χ1v) is 5.38. The molecule has 0 amide bonds. The summed E-state index contributed by atoms with van der Waals surface area (Å²) in [5.74, 6) is 0.150. The van der Waals surface area contributed by atoms with Gasteiger partial charge in [-0.3, -0.25) is 0 Å². The zero-order chi connectivity index (χ0) is 14.2. The zero-order valence-corrected chi connectivity index (χ0v) is 10.3. The lowest BCUT2D eigenvalue weighted by atomic mass is 10.1. The lowest BCUT2D eigenvalue weighted by Crippen LogP contribution is -2.05. The van der Waals surface area contributed by atoms with E-state index >= 15 is 0 Å². The molecule has 0 aliphatic rings. The number of alkyl halides is 3. The molecule has 0 radical (unpaired) electrons. The van der Waals surface area contributed by atoms with Crippen molar-refractivity contribution in [1.82, 2.24) is 5.16 Å².